The molecular formula is C14H21N3O2. The predicted octanol–water partition coefficient (Wildman–Crippen LogP) is 1.89. The maximum atomic E-state index is 11.8. The number of nitrogens with one attached hydrogen (secondary N) is 3. The molecule has 5 nitrogen and oxygen atoms in total. The summed E-state index contributed by atoms with van der Waals surface area (Å²) in [6.07, 6.45) is 1.23. The molecule has 0 spiro atoms. The molecule has 5 heteroatoms. The average Bonchev–Trinajstić information content (AvgIpc) is 2.32. The number of rotatable bonds is 6. The maximum Gasteiger partial charge on any atom is 0.224 e. The van der Waals surface area contributed by atoms with Crippen molar-refractivity contribution in [3.05, 3.63) is 23.8 Å². The summed E-state index contributed by atoms with van der Waals surface area (Å²) >= 11 is 0. The van der Waals surface area contributed by atoms with E-state index in [4.69, 9.17) is 0 Å². The third kappa shape index (κ3) is 5.52. The lowest BCUT2D eigenvalue weighted by molar-refractivity contribution is -0.116. The lowest BCUT2D eigenvalue weighted by Crippen LogP contribution is -2.17. The molecule has 1 aromatic rings. The van der Waals surface area contributed by atoms with Gasteiger partial charge in [-0.15, -0.1) is 0 Å². The fourth-order valence-electron chi connectivity index (χ4n) is 1.70. The zero-order valence-electron chi connectivity index (χ0n) is 11.7. The molecule has 0 aromatic heterocycles. The van der Waals surface area contributed by atoms with Gasteiger partial charge < -0.3 is 16.0 Å². The van der Waals surface area contributed by atoms with Crippen molar-refractivity contribution in [2.75, 3.05) is 24.2 Å². The van der Waals surface area contributed by atoms with Gasteiger partial charge >= 0.3 is 0 Å². The van der Waals surface area contributed by atoms with E-state index in [0.717, 1.165) is 18.5 Å². The summed E-state index contributed by atoms with van der Waals surface area (Å²) in [6, 6.07) is 5.53. The molecule has 0 aliphatic rings. The summed E-state index contributed by atoms with van der Waals surface area (Å²) in [5.74, 6) is -0.206. The Labute approximate surface area is 113 Å². The van der Waals surface area contributed by atoms with Crippen LogP contribution in [0.5, 0.6) is 0 Å². The first-order valence-corrected chi connectivity index (χ1v) is 6.35. The standard InChI is InChI=1S/C14H21N3O2/c1-10-6-7-12(16-11(2)18)13(9-10)17-14(19)5-4-8-15-3/h6-7,9,15H,4-5,8H2,1-3H3,(H,16,18)(H,17,19). The van der Waals surface area contributed by atoms with E-state index in [-0.39, 0.29) is 11.8 Å². The quantitative estimate of drug-likeness (QED) is 0.686. The Hall–Kier alpha value is -1.88. The van der Waals surface area contributed by atoms with Gasteiger partial charge in [-0.3, -0.25) is 9.59 Å². The number of anilines is 2. The Bertz CT molecular complexity index is 458. The summed E-state index contributed by atoms with van der Waals surface area (Å²) in [7, 11) is 1.85. The van der Waals surface area contributed by atoms with Gasteiger partial charge in [-0.25, -0.2) is 0 Å². The van der Waals surface area contributed by atoms with Crippen LogP contribution in [0.15, 0.2) is 18.2 Å². The predicted molar refractivity (Wildman–Crippen MR) is 77.3 cm³/mol. The fourth-order valence-corrected chi connectivity index (χ4v) is 1.70. The largest absolute Gasteiger partial charge is 0.325 e. The molecule has 19 heavy (non-hydrogen) atoms. The molecule has 0 fully saturated rings. The second-order valence-corrected chi connectivity index (χ2v) is 4.49. The molecule has 0 unspecified atom stereocenters. The minimum Gasteiger partial charge on any atom is -0.325 e. The van der Waals surface area contributed by atoms with Crippen LogP contribution in [0, 0.1) is 6.92 Å². The number of amides is 2. The fraction of sp³-hybridized carbons (Fsp3) is 0.429. The molecule has 0 heterocycles. The molecule has 0 aliphatic heterocycles. The highest BCUT2D eigenvalue weighted by Gasteiger charge is 2.08. The summed E-state index contributed by atoms with van der Waals surface area (Å²) in [6.45, 7) is 4.19. The van der Waals surface area contributed by atoms with Crippen LogP contribution in [0.4, 0.5) is 11.4 Å². The van der Waals surface area contributed by atoms with Gasteiger partial charge in [0.2, 0.25) is 11.8 Å². The first-order valence-electron chi connectivity index (χ1n) is 6.35. The zero-order valence-corrected chi connectivity index (χ0v) is 11.7. The summed E-state index contributed by atoms with van der Waals surface area (Å²) in [4.78, 5) is 22.9. The van der Waals surface area contributed by atoms with Crippen LogP contribution in [-0.2, 0) is 9.59 Å². The van der Waals surface area contributed by atoms with Gasteiger partial charge in [0.25, 0.3) is 0 Å². The average molecular weight is 263 g/mol. The van der Waals surface area contributed by atoms with Crippen molar-refractivity contribution < 1.29 is 9.59 Å². The van der Waals surface area contributed by atoms with Gasteiger partial charge in [0.15, 0.2) is 0 Å². The van der Waals surface area contributed by atoms with Gasteiger partial charge in [0.1, 0.15) is 0 Å². The van der Waals surface area contributed by atoms with Crippen LogP contribution >= 0.6 is 0 Å². The monoisotopic (exact) mass is 263 g/mol. The van der Waals surface area contributed by atoms with Crippen LogP contribution in [0.3, 0.4) is 0 Å². The number of hydrogen-bond donors (Lipinski definition) is 3. The van der Waals surface area contributed by atoms with Crippen molar-refractivity contribution in [2.24, 2.45) is 0 Å². The molecule has 0 saturated heterocycles. The van der Waals surface area contributed by atoms with E-state index in [2.05, 4.69) is 16.0 Å². The Morgan fingerprint density at radius 2 is 1.89 bits per heavy atom. The van der Waals surface area contributed by atoms with Crippen molar-refractivity contribution in [1.29, 1.82) is 0 Å². The van der Waals surface area contributed by atoms with Crippen LogP contribution in [0.1, 0.15) is 25.3 Å². The van der Waals surface area contributed by atoms with Gasteiger partial charge in [-0.2, -0.15) is 0 Å². The summed E-state index contributed by atoms with van der Waals surface area (Å²) in [5, 5.41) is 8.54. The molecule has 0 saturated carbocycles. The highest BCUT2D eigenvalue weighted by atomic mass is 16.2. The van der Waals surface area contributed by atoms with Crippen molar-refractivity contribution >= 4 is 23.2 Å². The van der Waals surface area contributed by atoms with Crippen LogP contribution in [-0.4, -0.2) is 25.4 Å². The smallest absolute Gasteiger partial charge is 0.224 e. The van der Waals surface area contributed by atoms with Crippen molar-refractivity contribution in [1.82, 2.24) is 5.32 Å². The molecule has 0 radical (unpaired) electrons. The summed E-state index contributed by atoms with van der Waals surface area (Å²) in [5.41, 5.74) is 2.30. The lowest BCUT2D eigenvalue weighted by Gasteiger charge is -2.12. The molecular weight excluding hydrogens is 242 g/mol. The van der Waals surface area contributed by atoms with Crippen LogP contribution in [0.25, 0.3) is 0 Å². The third-order valence-electron chi connectivity index (χ3n) is 2.59. The van der Waals surface area contributed by atoms with Crippen LogP contribution < -0.4 is 16.0 Å². The Morgan fingerprint density at radius 3 is 2.53 bits per heavy atom. The number of hydrogen-bond acceptors (Lipinski definition) is 3. The van der Waals surface area contributed by atoms with E-state index >= 15 is 0 Å². The van der Waals surface area contributed by atoms with Gasteiger partial charge in [0.05, 0.1) is 11.4 Å². The van der Waals surface area contributed by atoms with Gasteiger partial charge in [0, 0.05) is 13.3 Å². The molecule has 3 N–H and O–H groups in total. The van der Waals surface area contributed by atoms with E-state index < -0.39 is 0 Å². The highest BCUT2D eigenvalue weighted by Crippen LogP contribution is 2.23. The Morgan fingerprint density at radius 1 is 1.16 bits per heavy atom. The van der Waals surface area contributed by atoms with Crippen molar-refractivity contribution in [3.63, 3.8) is 0 Å². The third-order valence-corrected chi connectivity index (χ3v) is 2.59. The molecule has 0 bridgehead atoms. The number of carbonyl (C=O) groups is 2. The number of aryl methyl sites for hydroxylation is 1. The van der Waals surface area contributed by atoms with E-state index in [0.29, 0.717) is 17.8 Å². The maximum absolute atomic E-state index is 11.8. The molecule has 1 rings (SSSR count). The Balaban J connectivity index is 2.72. The zero-order chi connectivity index (χ0) is 14.3. The van der Waals surface area contributed by atoms with Gasteiger partial charge in [-0.1, -0.05) is 6.07 Å². The van der Waals surface area contributed by atoms with E-state index in [1.54, 1.807) is 6.07 Å². The lowest BCUT2D eigenvalue weighted by atomic mass is 10.1. The molecule has 104 valence electrons. The van der Waals surface area contributed by atoms with E-state index in [1.807, 2.05) is 26.1 Å². The van der Waals surface area contributed by atoms with Crippen molar-refractivity contribution in [2.45, 2.75) is 26.7 Å². The normalized spacial score (nSPS) is 10.1. The minimum atomic E-state index is -0.158. The highest BCUT2D eigenvalue weighted by molar-refractivity contribution is 5.98. The molecule has 1 aromatic carbocycles. The molecule has 2 amide bonds. The molecule has 0 aliphatic carbocycles. The van der Waals surface area contributed by atoms with Crippen LogP contribution in [0.2, 0.25) is 0 Å². The second-order valence-electron chi connectivity index (χ2n) is 4.49. The first kappa shape index (κ1) is 15.2. The molecule has 0 atom stereocenters. The first-order chi connectivity index (χ1) is 9.02. The Kier molecular flexibility index (Phi) is 6.02. The van der Waals surface area contributed by atoms with Gasteiger partial charge in [-0.05, 0) is 44.6 Å². The van der Waals surface area contributed by atoms with E-state index in [9.17, 15) is 9.59 Å². The summed E-state index contributed by atoms with van der Waals surface area (Å²) < 4.78 is 0. The topological polar surface area (TPSA) is 70.2 Å². The second kappa shape index (κ2) is 7.53. The number of carbonyl (C=O) groups excluding carboxylic acids is 2. The van der Waals surface area contributed by atoms with E-state index in [1.165, 1.54) is 6.92 Å². The SMILES string of the molecule is CNCCCC(=O)Nc1cc(C)ccc1NC(C)=O. The van der Waals surface area contributed by atoms with Crippen molar-refractivity contribution in [3.8, 4) is 0 Å². The minimum absolute atomic E-state index is 0.0487. The number of benzene rings is 1.